The number of carbonyl (C=O) groups is 1. The van der Waals surface area contributed by atoms with E-state index in [4.69, 9.17) is 9.47 Å². The number of hydrogen-bond donors (Lipinski definition) is 1. The van der Waals surface area contributed by atoms with Crippen molar-refractivity contribution in [1.82, 2.24) is 19.7 Å². The topological polar surface area (TPSA) is 91.2 Å². The highest BCUT2D eigenvalue weighted by Gasteiger charge is 2.17. The smallest absolute Gasteiger partial charge is 0.260 e. The maximum atomic E-state index is 13.2. The number of aryl methyl sites for hydroxylation is 1. The molecule has 174 valence electrons. The molecule has 0 radical (unpaired) electrons. The molecule has 0 aliphatic heterocycles. The number of nitrogens with one attached hydrogen (secondary N) is 1. The molecule has 3 aromatic carbocycles. The molecule has 2 heterocycles. The molecule has 0 spiro atoms. The molecule has 1 amide bonds. The summed E-state index contributed by atoms with van der Waals surface area (Å²) >= 11 is 0. The molecule has 0 atom stereocenters. The van der Waals surface area contributed by atoms with E-state index >= 15 is 0 Å². The summed E-state index contributed by atoms with van der Waals surface area (Å²) in [5, 5.41) is 8.97. The van der Waals surface area contributed by atoms with E-state index in [2.05, 4.69) is 20.4 Å². The summed E-state index contributed by atoms with van der Waals surface area (Å²) < 4.78 is 13.3. The van der Waals surface area contributed by atoms with Crippen LogP contribution in [0.5, 0.6) is 17.4 Å². The quantitative estimate of drug-likeness (QED) is 0.338. The lowest BCUT2D eigenvalue weighted by atomic mass is 10.0. The first-order valence-corrected chi connectivity index (χ1v) is 11.2. The van der Waals surface area contributed by atoms with Crippen molar-refractivity contribution in [3.8, 4) is 23.2 Å². The molecule has 5 aromatic rings. The highest BCUT2D eigenvalue weighted by Crippen LogP contribution is 2.30. The minimum absolute atomic E-state index is 0.241. The van der Waals surface area contributed by atoms with Crippen LogP contribution in [0.2, 0.25) is 0 Å². The van der Waals surface area contributed by atoms with Gasteiger partial charge in [0.1, 0.15) is 17.3 Å². The van der Waals surface area contributed by atoms with Crippen molar-refractivity contribution in [2.75, 3.05) is 11.9 Å². The van der Waals surface area contributed by atoms with Gasteiger partial charge in [0.15, 0.2) is 5.82 Å². The van der Waals surface area contributed by atoms with Crippen molar-refractivity contribution in [1.29, 1.82) is 0 Å². The van der Waals surface area contributed by atoms with Crippen LogP contribution < -0.4 is 14.8 Å². The zero-order chi connectivity index (χ0) is 24.2. The van der Waals surface area contributed by atoms with E-state index in [1.54, 1.807) is 54.3 Å². The van der Waals surface area contributed by atoms with Gasteiger partial charge in [-0.2, -0.15) is 10.1 Å². The molecule has 0 fully saturated rings. The summed E-state index contributed by atoms with van der Waals surface area (Å²) in [5.74, 6) is 2.47. The Morgan fingerprint density at radius 3 is 2.60 bits per heavy atom. The molecule has 0 bridgehead atoms. The van der Waals surface area contributed by atoms with Gasteiger partial charge in [-0.25, -0.2) is 9.67 Å². The molecule has 0 aliphatic rings. The lowest BCUT2D eigenvalue weighted by Gasteiger charge is -2.14. The van der Waals surface area contributed by atoms with Gasteiger partial charge in [-0.3, -0.25) is 4.79 Å². The second kappa shape index (κ2) is 9.64. The van der Waals surface area contributed by atoms with E-state index in [1.807, 2.05) is 49.4 Å². The van der Waals surface area contributed by atoms with E-state index in [0.717, 1.165) is 10.8 Å². The molecule has 8 heteroatoms. The predicted octanol–water partition coefficient (Wildman–Crippen LogP) is 5.57. The van der Waals surface area contributed by atoms with Crippen LogP contribution in [-0.4, -0.2) is 32.3 Å². The van der Waals surface area contributed by atoms with Gasteiger partial charge in [-0.1, -0.05) is 30.3 Å². The number of ether oxygens (including phenoxy) is 2. The minimum atomic E-state index is -0.241. The van der Waals surface area contributed by atoms with E-state index in [0.29, 0.717) is 46.9 Å². The van der Waals surface area contributed by atoms with Crippen molar-refractivity contribution >= 4 is 22.4 Å². The fourth-order valence-corrected chi connectivity index (χ4v) is 3.78. The molecule has 0 unspecified atom stereocenters. The van der Waals surface area contributed by atoms with Crippen LogP contribution in [0.15, 0.2) is 85.2 Å². The number of amides is 1. The van der Waals surface area contributed by atoms with Crippen LogP contribution >= 0.6 is 0 Å². The van der Waals surface area contributed by atoms with Crippen molar-refractivity contribution in [3.05, 3.63) is 96.6 Å². The summed E-state index contributed by atoms with van der Waals surface area (Å²) in [7, 11) is 0. The highest BCUT2D eigenvalue weighted by molar-refractivity contribution is 6.15. The van der Waals surface area contributed by atoms with Gasteiger partial charge >= 0.3 is 0 Å². The number of nitrogens with zero attached hydrogens (tertiary/aromatic N) is 4. The maximum Gasteiger partial charge on any atom is 0.260 e. The zero-order valence-electron chi connectivity index (χ0n) is 19.3. The van der Waals surface area contributed by atoms with Crippen LogP contribution in [0.25, 0.3) is 16.6 Å². The summed E-state index contributed by atoms with van der Waals surface area (Å²) in [4.78, 5) is 22.0. The number of carbonyl (C=O) groups excluding carboxylic acids is 1. The van der Waals surface area contributed by atoms with Crippen molar-refractivity contribution in [3.63, 3.8) is 0 Å². The molecule has 35 heavy (non-hydrogen) atoms. The number of anilines is 1. The lowest BCUT2D eigenvalue weighted by molar-refractivity contribution is 0.102. The molecular weight excluding hydrogens is 442 g/mol. The first kappa shape index (κ1) is 22.1. The van der Waals surface area contributed by atoms with Crippen LogP contribution in [-0.2, 0) is 0 Å². The average Bonchev–Trinajstić information content (AvgIpc) is 3.40. The molecular formula is C27H23N5O3. The van der Waals surface area contributed by atoms with Crippen LogP contribution in [0, 0.1) is 6.92 Å². The normalized spacial score (nSPS) is 10.8. The third-order valence-electron chi connectivity index (χ3n) is 5.29. The van der Waals surface area contributed by atoms with Crippen LogP contribution in [0.4, 0.5) is 5.69 Å². The molecule has 1 N–H and O–H groups in total. The van der Waals surface area contributed by atoms with Crippen molar-refractivity contribution in [2.45, 2.75) is 13.8 Å². The Bertz CT molecular complexity index is 1480. The SMILES string of the molecule is CCOc1ccc2ccccc2c1C(=O)Nc1ccc(Oc2cc(-n3cccn3)nc(C)n2)cc1. The summed E-state index contributed by atoms with van der Waals surface area (Å²) in [6.45, 7) is 4.16. The second-order valence-corrected chi connectivity index (χ2v) is 7.74. The van der Waals surface area contributed by atoms with Gasteiger partial charge in [-0.05, 0) is 61.0 Å². The Morgan fingerprint density at radius 1 is 1.00 bits per heavy atom. The summed E-state index contributed by atoms with van der Waals surface area (Å²) in [6.07, 6.45) is 3.48. The van der Waals surface area contributed by atoms with Gasteiger partial charge < -0.3 is 14.8 Å². The Kier molecular flexibility index (Phi) is 6.09. The van der Waals surface area contributed by atoms with Crippen molar-refractivity contribution in [2.24, 2.45) is 0 Å². The van der Waals surface area contributed by atoms with Gasteiger partial charge in [0, 0.05) is 24.1 Å². The number of hydrogen-bond acceptors (Lipinski definition) is 6. The Balaban J connectivity index is 1.35. The molecule has 2 aromatic heterocycles. The first-order chi connectivity index (χ1) is 17.1. The Morgan fingerprint density at radius 2 is 1.83 bits per heavy atom. The van der Waals surface area contributed by atoms with Gasteiger partial charge in [0.05, 0.1) is 12.2 Å². The average molecular weight is 466 g/mol. The number of fused-ring (bicyclic) bond motifs is 1. The first-order valence-electron chi connectivity index (χ1n) is 11.2. The predicted molar refractivity (Wildman–Crippen MR) is 133 cm³/mol. The standard InChI is InChI=1S/C27H23N5O3/c1-3-34-23-14-9-19-7-4-5-8-22(19)26(23)27(33)31-20-10-12-21(13-11-20)35-25-17-24(29-18(2)30-25)32-16-6-15-28-32/h4-17H,3H2,1-2H3,(H,31,33). The largest absolute Gasteiger partial charge is 0.493 e. The van der Waals surface area contributed by atoms with Gasteiger partial charge in [-0.15, -0.1) is 0 Å². The molecule has 0 saturated carbocycles. The molecule has 5 rings (SSSR count). The summed E-state index contributed by atoms with van der Waals surface area (Å²) in [5.41, 5.74) is 1.14. The van der Waals surface area contributed by atoms with E-state index in [-0.39, 0.29) is 5.91 Å². The summed E-state index contributed by atoms with van der Waals surface area (Å²) in [6, 6.07) is 22.2. The monoisotopic (exact) mass is 465 g/mol. The zero-order valence-corrected chi connectivity index (χ0v) is 19.3. The van der Waals surface area contributed by atoms with E-state index < -0.39 is 0 Å². The van der Waals surface area contributed by atoms with Crippen molar-refractivity contribution < 1.29 is 14.3 Å². The Labute approximate surface area is 202 Å². The minimum Gasteiger partial charge on any atom is -0.493 e. The third-order valence-corrected chi connectivity index (χ3v) is 5.29. The number of aromatic nitrogens is 4. The molecule has 0 saturated heterocycles. The Hall–Kier alpha value is -4.72. The molecule has 8 nitrogen and oxygen atoms in total. The second-order valence-electron chi connectivity index (χ2n) is 7.74. The lowest BCUT2D eigenvalue weighted by Crippen LogP contribution is -2.14. The van der Waals surface area contributed by atoms with E-state index in [9.17, 15) is 4.79 Å². The van der Waals surface area contributed by atoms with Crippen LogP contribution in [0.3, 0.4) is 0 Å². The fourth-order valence-electron chi connectivity index (χ4n) is 3.78. The number of rotatable bonds is 7. The fraction of sp³-hybridized carbons (Fsp3) is 0.111. The van der Waals surface area contributed by atoms with Crippen LogP contribution in [0.1, 0.15) is 23.1 Å². The van der Waals surface area contributed by atoms with E-state index in [1.165, 1.54) is 0 Å². The molecule has 0 aliphatic carbocycles. The maximum absolute atomic E-state index is 13.2. The van der Waals surface area contributed by atoms with Gasteiger partial charge in [0.2, 0.25) is 5.88 Å². The number of benzene rings is 3. The highest BCUT2D eigenvalue weighted by atomic mass is 16.5. The third kappa shape index (κ3) is 4.81. The van der Waals surface area contributed by atoms with Gasteiger partial charge in [0.25, 0.3) is 5.91 Å².